The number of fused-ring (bicyclic) bond motifs is 1. The number of hydrogen-bond acceptors (Lipinski definition) is 15. The van der Waals surface area contributed by atoms with Crippen molar-refractivity contribution in [2.75, 3.05) is 23.0 Å². The van der Waals surface area contributed by atoms with Crippen LogP contribution in [0, 0.1) is 6.92 Å². The largest absolute Gasteiger partial charge is 0.504 e. The van der Waals surface area contributed by atoms with Crippen molar-refractivity contribution in [3.05, 3.63) is 70.1 Å². The number of aliphatic carboxylic acids is 2. The number of phenols is 2. The van der Waals surface area contributed by atoms with E-state index in [1.165, 1.54) is 29.5 Å². The molecule has 1 saturated heterocycles. The van der Waals surface area contributed by atoms with Gasteiger partial charge in [0, 0.05) is 16.7 Å². The third-order valence-electron chi connectivity index (χ3n) is 7.28. The van der Waals surface area contributed by atoms with Gasteiger partial charge in [0.05, 0.1) is 12.1 Å². The van der Waals surface area contributed by atoms with Gasteiger partial charge in [0.25, 0.3) is 11.8 Å². The number of nitrogens with zero attached hydrogens (tertiary/aromatic N) is 5. The van der Waals surface area contributed by atoms with Crippen molar-refractivity contribution in [3.63, 3.8) is 0 Å². The van der Waals surface area contributed by atoms with Crippen LogP contribution in [0.3, 0.4) is 0 Å². The van der Waals surface area contributed by atoms with Gasteiger partial charge in [-0.05, 0) is 24.6 Å². The lowest BCUT2D eigenvalue weighted by molar-refractivity contribution is -0.675. The van der Waals surface area contributed by atoms with E-state index in [2.05, 4.69) is 20.4 Å². The Labute approximate surface area is 278 Å². The highest BCUT2D eigenvalue weighted by Gasteiger charge is 2.54. The van der Waals surface area contributed by atoms with E-state index in [1.807, 2.05) is 0 Å². The van der Waals surface area contributed by atoms with Crippen LogP contribution in [0.15, 0.2) is 58.5 Å². The van der Waals surface area contributed by atoms with Gasteiger partial charge in [-0.25, -0.2) is 19.1 Å². The molecule has 2 aliphatic heterocycles. The van der Waals surface area contributed by atoms with E-state index in [0.717, 1.165) is 28.4 Å². The fourth-order valence-electron chi connectivity index (χ4n) is 4.73. The number of benzene rings is 1. The molecule has 20 heteroatoms. The number of carboxylic acid groups (broad SMARTS) is 2. The molecule has 5 rings (SSSR count). The Morgan fingerprint density at radius 3 is 2.62 bits per heavy atom. The molecule has 3 atom stereocenters. The number of aromatic hydroxyl groups is 2. The van der Waals surface area contributed by atoms with Crippen LogP contribution in [0.25, 0.3) is 0 Å². The summed E-state index contributed by atoms with van der Waals surface area (Å²) >= 11 is 2.17. The molecule has 48 heavy (non-hydrogen) atoms. The lowest BCUT2D eigenvalue weighted by Crippen LogP contribution is -2.71. The summed E-state index contributed by atoms with van der Waals surface area (Å²) < 4.78 is 1.62. The minimum atomic E-state index is -1.82. The zero-order valence-corrected chi connectivity index (χ0v) is 26.4. The van der Waals surface area contributed by atoms with Gasteiger partial charge in [-0.2, -0.15) is 0 Å². The molecular formula is C28H28N9O9S2+. The van der Waals surface area contributed by atoms with Crippen LogP contribution in [-0.2, 0) is 30.6 Å². The number of β-lactam (4-membered cyclic amide) rings is 1. The molecule has 0 bridgehead atoms. The molecule has 0 aliphatic carbocycles. The minimum absolute atomic E-state index is 0.0539. The Kier molecular flexibility index (Phi) is 9.38. The second-order valence-corrected chi connectivity index (χ2v) is 12.3. The van der Waals surface area contributed by atoms with E-state index in [0.29, 0.717) is 17.0 Å². The predicted octanol–water partition coefficient (Wildman–Crippen LogP) is -0.167. The molecule has 1 fully saturated rings. The zero-order valence-electron chi connectivity index (χ0n) is 24.8. The third kappa shape index (κ3) is 6.51. The van der Waals surface area contributed by atoms with Gasteiger partial charge in [-0.1, -0.05) is 28.4 Å². The van der Waals surface area contributed by atoms with Crippen molar-refractivity contribution in [1.82, 2.24) is 20.2 Å². The molecule has 0 unspecified atom stereocenters. The number of nitrogens with one attached hydrogen (secondary N) is 1. The fourth-order valence-corrected chi connectivity index (χ4v) is 6.60. The van der Waals surface area contributed by atoms with Crippen LogP contribution in [0.2, 0.25) is 0 Å². The van der Waals surface area contributed by atoms with Gasteiger partial charge < -0.3 is 47.8 Å². The first-order valence-corrected chi connectivity index (χ1v) is 15.7. The summed E-state index contributed by atoms with van der Waals surface area (Å²) in [6.45, 7) is 1.97. The molecule has 0 saturated carbocycles. The van der Waals surface area contributed by atoms with Crippen LogP contribution in [-0.4, -0.2) is 81.9 Å². The standard InChI is InChI=1S/C28H27N9O9S2/c1-11-21(29)32-10-36(22(11)30)6-2-3-13-8-47-25-18(24(41)37(25)19(13)26(42)43)34-23(40)17(14-9-48-28(31)33-14)35-46-20(27(44)45)12-4-5-15(38)16(39)7-12/h2-5,7,9-10,18,20,25H,6,8H2,1H3,(H10,29,30,31,33,34,35,38,39,40,42,43,44,45)/p+1/b3-2+/t18-,20+,25-/m1/s1. The molecular weight excluding hydrogens is 670 g/mol. The Hall–Kier alpha value is -5.89. The number of thiazole rings is 1. The zero-order chi connectivity index (χ0) is 34.9. The molecule has 4 heterocycles. The van der Waals surface area contributed by atoms with E-state index in [4.69, 9.17) is 22.0 Å². The molecule has 18 nitrogen and oxygen atoms in total. The van der Waals surface area contributed by atoms with Crippen molar-refractivity contribution in [1.29, 1.82) is 0 Å². The van der Waals surface area contributed by atoms with Gasteiger partial charge in [-0.3, -0.25) is 14.5 Å². The molecule has 2 aromatic heterocycles. The first-order valence-electron chi connectivity index (χ1n) is 13.8. The second kappa shape index (κ2) is 13.5. The summed E-state index contributed by atoms with van der Waals surface area (Å²) in [5, 5.41) is 46.0. The maximum atomic E-state index is 13.5. The molecule has 1 aromatic carbocycles. The quantitative estimate of drug-likeness (QED) is 0.0424. The summed E-state index contributed by atoms with van der Waals surface area (Å²) in [5.41, 5.74) is 17.6. The summed E-state index contributed by atoms with van der Waals surface area (Å²) in [6.07, 6.45) is 2.87. The number of carbonyl (C=O) groups is 4. The third-order valence-corrected chi connectivity index (χ3v) is 9.25. The molecule has 2 amide bonds. The number of rotatable bonds is 11. The number of allylic oxidation sites excluding steroid dienone is 2. The van der Waals surface area contributed by atoms with E-state index < -0.39 is 58.5 Å². The molecule has 11 N–H and O–H groups in total. The normalized spacial score (nSPS) is 18.3. The number of amides is 2. The van der Waals surface area contributed by atoms with Crippen molar-refractivity contribution >= 4 is 69.3 Å². The number of carbonyl (C=O) groups excluding carboxylic acids is 2. The topological polar surface area (TPSA) is 294 Å². The molecule has 250 valence electrons. The SMILES string of the molecule is Cc1c(N)nc[n+](C/C=C/C2=C(C(=O)O)N3C(=O)[C@@H](NC(=O)/C(=N\O[C@H](C(=O)O)c4ccc(O)c(O)c4)c4csc(N)n4)[C@H]3SC2)c1N. The lowest BCUT2D eigenvalue weighted by Gasteiger charge is -2.49. The highest BCUT2D eigenvalue weighted by atomic mass is 32.2. The molecule has 0 radical (unpaired) electrons. The van der Waals surface area contributed by atoms with Gasteiger partial charge in [-0.15, -0.1) is 23.1 Å². The van der Waals surface area contributed by atoms with Gasteiger partial charge in [0.15, 0.2) is 22.3 Å². The maximum Gasteiger partial charge on any atom is 0.352 e. The Balaban J connectivity index is 1.35. The van der Waals surface area contributed by atoms with Crippen LogP contribution < -0.4 is 27.1 Å². The van der Waals surface area contributed by atoms with Crippen LogP contribution in [0.5, 0.6) is 11.5 Å². The number of nitrogens with two attached hydrogens (primary N) is 3. The maximum absolute atomic E-state index is 13.5. The van der Waals surface area contributed by atoms with Crippen molar-refractivity contribution < 1.29 is 49.0 Å². The molecule has 0 spiro atoms. The number of anilines is 3. The molecule has 2 aliphatic rings. The number of oxime groups is 1. The van der Waals surface area contributed by atoms with Gasteiger partial charge in [0.1, 0.15) is 22.8 Å². The number of hydrogen-bond donors (Lipinski definition) is 8. The summed E-state index contributed by atoms with van der Waals surface area (Å²) in [5.74, 6) is -4.81. The highest BCUT2D eigenvalue weighted by molar-refractivity contribution is 8.00. The molecule has 3 aromatic rings. The van der Waals surface area contributed by atoms with Crippen LogP contribution in [0.4, 0.5) is 16.8 Å². The average molecular weight is 699 g/mol. The van der Waals surface area contributed by atoms with E-state index in [9.17, 15) is 39.6 Å². The number of phenolic OH excluding ortho intramolecular Hbond substituents is 2. The number of aromatic nitrogens is 3. The predicted molar refractivity (Wildman–Crippen MR) is 171 cm³/mol. The fraction of sp³-hybridized carbons (Fsp3) is 0.214. The van der Waals surface area contributed by atoms with E-state index >= 15 is 0 Å². The summed E-state index contributed by atoms with van der Waals surface area (Å²) in [4.78, 5) is 65.3. The smallest absolute Gasteiger partial charge is 0.352 e. The van der Waals surface area contributed by atoms with Crippen molar-refractivity contribution in [2.45, 2.75) is 31.0 Å². The van der Waals surface area contributed by atoms with Crippen LogP contribution in [0.1, 0.15) is 22.9 Å². The first kappa shape index (κ1) is 33.5. The number of carboxylic acids is 2. The van der Waals surface area contributed by atoms with Gasteiger partial charge in [0.2, 0.25) is 24.1 Å². The second-order valence-electron chi connectivity index (χ2n) is 10.3. The Morgan fingerprint density at radius 2 is 1.98 bits per heavy atom. The van der Waals surface area contributed by atoms with E-state index in [1.54, 1.807) is 23.6 Å². The van der Waals surface area contributed by atoms with E-state index in [-0.39, 0.29) is 40.2 Å². The monoisotopic (exact) mass is 698 g/mol. The van der Waals surface area contributed by atoms with Crippen molar-refractivity contribution in [3.8, 4) is 11.5 Å². The van der Waals surface area contributed by atoms with Crippen LogP contribution >= 0.6 is 23.1 Å². The highest BCUT2D eigenvalue weighted by Crippen LogP contribution is 2.40. The number of thioether (sulfide) groups is 1. The first-order chi connectivity index (χ1) is 22.8. The minimum Gasteiger partial charge on any atom is -0.504 e. The van der Waals surface area contributed by atoms with Gasteiger partial charge >= 0.3 is 11.9 Å². The Bertz CT molecular complexity index is 1930. The lowest BCUT2D eigenvalue weighted by atomic mass is 10.0. The number of nitrogen functional groups attached to an aromatic ring is 3. The summed E-state index contributed by atoms with van der Waals surface area (Å²) in [7, 11) is 0. The summed E-state index contributed by atoms with van der Waals surface area (Å²) in [6, 6.07) is 2.00. The average Bonchev–Trinajstić information content (AvgIpc) is 3.48. The van der Waals surface area contributed by atoms with Crippen molar-refractivity contribution in [2.24, 2.45) is 5.16 Å². The Morgan fingerprint density at radius 1 is 1.23 bits per heavy atom.